The molecule has 0 saturated carbocycles. The molecule has 0 bridgehead atoms. The molecule has 1 aromatic carbocycles. The molecule has 2 aromatic rings. The molecule has 1 aromatic heterocycles. The number of carbonyl (C=O) groups excluding carboxylic acids is 1. The van der Waals surface area contributed by atoms with E-state index in [1.165, 1.54) is 25.3 Å². The first-order valence-corrected chi connectivity index (χ1v) is 9.89. The van der Waals surface area contributed by atoms with E-state index in [0.29, 0.717) is 25.5 Å². The topological polar surface area (TPSA) is 80.5 Å². The van der Waals surface area contributed by atoms with Gasteiger partial charge in [0, 0.05) is 12.8 Å². The standard InChI is InChI=1S/C20H25FN4O3/c21-15-7-3-2-6-14(15)20-23-19(28-24-20)9-8-18(26)22-16-12-27-13-17(16)25-10-4-1-5-11-25/h2-3,6-7,16-17H,1,4-5,8-13H2,(H,22,26)/t16-,17-/m1/s1. The number of aryl methyl sites for hydroxylation is 1. The largest absolute Gasteiger partial charge is 0.378 e. The smallest absolute Gasteiger partial charge is 0.227 e. The molecule has 2 saturated heterocycles. The van der Waals surface area contributed by atoms with Crippen molar-refractivity contribution >= 4 is 5.91 Å². The molecule has 1 N–H and O–H groups in total. The van der Waals surface area contributed by atoms with Crippen molar-refractivity contribution in [1.82, 2.24) is 20.4 Å². The number of aromatic nitrogens is 2. The van der Waals surface area contributed by atoms with Crippen molar-refractivity contribution in [3.05, 3.63) is 36.0 Å². The molecular weight excluding hydrogens is 363 g/mol. The number of hydrogen-bond donors (Lipinski definition) is 1. The molecule has 2 aliphatic heterocycles. The predicted octanol–water partition coefficient (Wildman–Crippen LogP) is 2.18. The van der Waals surface area contributed by atoms with Gasteiger partial charge in [-0.2, -0.15) is 4.98 Å². The first-order valence-electron chi connectivity index (χ1n) is 9.89. The summed E-state index contributed by atoms with van der Waals surface area (Å²) in [6, 6.07) is 6.53. The molecule has 1 amide bonds. The van der Waals surface area contributed by atoms with Gasteiger partial charge in [0.25, 0.3) is 0 Å². The Kier molecular flexibility index (Phi) is 5.97. The molecule has 150 valence electrons. The number of carbonyl (C=O) groups is 1. The Labute approximate surface area is 163 Å². The second kappa shape index (κ2) is 8.79. The Balaban J connectivity index is 1.29. The summed E-state index contributed by atoms with van der Waals surface area (Å²) in [4.78, 5) is 19.0. The third-order valence-electron chi connectivity index (χ3n) is 5.41. The van der Waals surface area contributed by atoms with Gasteiger partial charge in [0.2, 0.25) is 17.6 Å². The normalized spacial score (nSPS) is 23.0. The molecule has 0 spiro atoms. The zero-order valence-electron chi connectivity index (χ0n) is 15.8. The van der Waals surface area contributed by atoms with Gasteiger partial charge in [-0.1, -0.05) is 23.7 Å². The van der Waals surface area contributed by atoms with Gasteiger partial charge in [-0.15, -0.1) is 0 Å². The van der Waals surface area contributed by atoms with E-state index in [4.69, 9.17) is 9.26 Å². The lowest BCUT2D eigenvalue weighted by atomic mass is 10.0. The van der Waals surface area contributed by atoms with Crippen molar-refractivity contribution in [2.24, 2.45) is 0 Å². The highest BCUT2D eigenvalue weighted by Gasteiger charge is 2.34. The summed E-state index contributed by atoms with van der Waals surface area (Å²) in [6.45, 7) is 3.36. The van der Waals surface area contributed by atoms with Crippen molar-refractivity contribution in [3.8, 4) is 11.4 Å². The van der Waals surface area contributed by atoms with E-state index in [-0.39, 0.29) is 35.8 Å². The van der Waals surface area contributed by atoms with Crippen LogP contribution in [0.5, 0.6) is 0 Å². The highest BCUT2D eigenvalue weighted by molar-refractivity contribution is 5.76. The summed E-state index contributed by atoms with van der Waals surface area (Å²) >= 11 is 0. The van der Waals surface area contributed by atoms with Crippen LogP contribution in [-0.4, -0.2) is 59.3 Å². The number of nitrogens with one attached hydrogen (secondary N) is 1. The van der Waals surface area contributed by atoms with Crippen LogP contribution in [-0.2, 0) is 16.0 Å². The van der Waals surface area contributed by atoms with Crippen LogP contribution in [0.25, 0.3) is 11.4 Å². The zero-order chi connectivity index (χ0) is 19.3. The highest BCUT2D eigenvalue weighted by Crippen LogP contribution is 2.20. The minimum Gasteiger partial charge on any atom is -0.378 e. The molecular formula is C20H25FN4O3. The molecule has 3 heterocycles. The fourth-order valence-electron chi connectivity index (χ4n) is 3.90. The number of amides is 1. The molecule has 4 rings (SSSR count). The molecule has 2 atom stereocenters. The van der Waals surface area contributed by atoms with Crippen molar-refractivity contribution in [3.63, 3.8) is 0 Å². The van der Waals surface area contributed by atoms with E-state index >= 15 is 0 Å². The minimum atomic E-state index is -0.405. The lowest BCUT2D eigenvalue weighted by molar-refractivity contribution is -0.122. The Bertz CT molecular complexity index is 806. The Morgan fingerprint density at radius 3 is 2.86 bits per heavy atom. The monoisotopic (exact) mass is 388 g/mol. The van der Waals surface area contributed by atoms with Crippen LogP contribution < -0.4 is 5.32 Å². The molecule has 0 aliphatic carbocycles. The van der Waals surface area contributed by atoms with Crippen LogP contribution >= 0.6 is 0 Å². The number of rotatable bonds is 6. The number of benzene rings is 1. The quantitative estimate of drug-likeness (QED) is 0.817. The van der Waals surface area contributed by atoms with E-state index in [9.17, 15) is 9.18 Å². The summed E-state index contributed by atoms with van der Waals surface area (Å²) in [5, 5.41) is 6.91. The SMILES string of the molecule is O=C(CCc1nc(-c2ccccc2F)no1)N[C@@H]1COC[C@H]1N1CCCCC1. The second-order valence-corrected chi connectivity index (χ2v) is 7.37. The highest BCUT2D eigenvalue weighted by atomic mass is 19.1. The van der Waals surface area contributed by atoms with E-state index in [2.05, 4.69) is 20.4 Å². The van der Waals surface area contributed by atoms with Crippen LogP contribution in [0.4, 0.5) is 4.39 Å². The van der Waals surface area contributed by atoms with Crippen LogP contribution in [0.3, 0.4) is 0 Å². The van der Waals surface area contributed by atoms with Gasteiger partial charge >= 0.3 is 0 Å². The van der Waals surface area contributed by atoms with Gasteiger partial charge in [0.1, 0.15) is 5.82 Å². The van der Waals surface area contributed by atoms with Crippen LogP contribution in [0, 0.1) is 5.82 Å². The minimum absolute atomic E-state index is 0.0160. The molecule has 2 aliphatic rings. The first kappa shape index (κ1) is 19.0. The maximum Gasteiger partial charge on any atom is 0.227 e. The van der Waals surface area contributed by atoms with Gasteiger partial charge in [-0.3, -0.25) is 9.69 Å². The summed E-state index contributed by atoms with van der Waals surface area (Å²) in [5.74, 6) is 0.0484. The summed E-state index contributed by atoms with van der Waals surface area (Å²) in [7, 11) is 0. The maximum absolute atomic E-state index is 13.8. The number of nitrogens with zero attached hydrogens (tertiary/aromatic N) is 3. The van der Waals surface area contributed by atoms with Gasteiger partial charge in [0.15, 0.2) is 0 Å². The molecule has 7 nitrogen and oxygen atoms in total. The zero-order valence-corrected chi connectivity index (χ0v) is 15.8. The molecule has 0 unspecified atom stereocenters. The predicted molar refractivity (Wildman–Crippen MR) is 100.0 cm³/mol. The Morgan fingerprint density at radius 2 is 2.04 bits per heavy atom. The average molecular weight is 388 g/mol. The molecule has 28 heavy (non-hydrogen) atoms. The van der Waals surface area contributed by atoms with Crippen molar-refractivity contribution in [2.45, 2.75) is 44.2 Å². The van der Waals surface area contributed by atoms with Crippen LogP contribution in [0.2, 0.25) is 0 Å². The average Bonchev–Trinajstić information content (AvgIpc) is 3.37. The Hall–Kier alpha value is -2.32. The van der Waals surface area contributed by atoms with Gasteiger partial charge in [-0.05, 0) is 38.1 Å². The van der Waals surface area contributed by atoms with Gasteiger partial charge in [-0.25, -0.2) is 4.39 Å². The van der Waals surface area contributed by atoms with Gasteiger partial charge in [0.05, 0.1) is 30.9 Å². The van der Waals surface area contributed by atoms with Crippen LogP contribution in [0.1, 0.15) is 31.6 Å². The fraction of sp³-hybridized carbons (Fsp3) is 0.550. The number of ether oxygens (including phenoxy) is 1. The van der Waals surface area contributed by atoms with Crippen LogP contribution in [0.15, 0.2) is 28.8 Å². The van der Waals surface area contributed by atoms with E-state index < -0.39 is 5.82 Å². The molecule has 2 fully saturated rings. The number of piperidine rings is 1. The second-order valence-electron chi connectivity index (χ2n) is 7.37. The van der Waals surface area contributed by atoms with E-state index in [1.54, 1.807) is 18.2 Å². The molecule has 0 radical (unpaired) electrons. The number of hydrogen-bond acceptors (Lipinski definition) is 6. The molecule has 8 heteroatoms. The van der Waals surface area contributed by atoms with Gasteiger partial charge < -0.3 is 14.6 Å². The summed E-state index contributed by atoms with van der Waals surface area (Å²) in [5.41, 5.74) is 0.287. The van der Waals surface area contributed by atoms with E-state index in [1.807, 2.05) is 0 Å². The van der Waals surface area contributed by atoms with Crippen molar-refractivity contribution in [1.29, 1.82) is 0 Å². The van der Waals surface area contributed by atoms with Crippen molar-refractivity contribution in [2.75, 3.05) is 26.3 Å². The summed E-state index contributed by atoms with van der Waals surface area (Å²) in [6.07, 6.45) is 4.24. The van der Waals surface area contributed by atoms with E-state index in [0.717, 1.165) is 13.1 Å². The number of halogens is 1. The van der Waals surface area contributed by atoms with Crippen molar-refractivity contribution < 1.29 is 18.4 Å². The lowest BCUT2D eigenvalue weighted by Crippen LogP contribution is -2.52. The summed E-state index contributed by atoms with van der Waals surface area (Å²) < 4.78 is 24.6. The fourth-order valence-corrected chi connectivity index (χ4v) is 3.90. The Morgan fingerprint density at radius 1 is 1.21 bits per heavy atom. The third-order valence-corrected chi connectivity index (χ3v) is 5.41. The lowest BCUT2D eigenvalue weighted by Gasteiger charge is -2.34. The number of likely N-dealkylation sites (tertiary alicyclic amines) is 1. The first-order chi connectivity index (χ1) is 13.7. The third kappa shape index (κ3) is 4.39. The maximum atomic E-state index is 13.8.